The molecule has 64 heavy (non-hydrogen) atoms. The maximum atomic E-state index is 2.58. The molecule has 0 fully saturated rings. The summed E-state index contributed by atoms with van der Waals surface area (Å²) in [7, 11) is 0. The summed E-state index contributed by atoms with van der Waals surface area (Å²) < 4.78 is 2.59. The van der Waals surface area contributed by atoms with E-state index >= 15 is 0 Å². The van der Waals surface area contributed by atoms with Crippen LogP contribution in [-0.2, 0) is 0 Å². The molecule has 300 valence electrons. The molecule has 1 nitrogen and oxygen atoms in total. The first-order valence-corrected chi connectivity index (χ1v) is 22.7. The highest BCUT2D eigenvalue weighted by Gasteiger charge is 2.27. The molecule has 0 saturated heterocycles. The molecule has 2 heteroatoms. The SMILES string of the molecule is c1ccc(-c2ccc(-c3c(N(c4cc(-c5ccccc5)cc(-c5ccccc5)c4)c4ccccc4-c4cccc5c4sc4ccccc45)c4ccccc4c4ccccc34)cc2)cc1. The van der Waals surface area contributed by atoms with Gasteiger partial charge in [-0.3, -0.25) is 0 Å². The van der Waals surface area contributed by atoms with Crippen molar-refractivity contribution in [2.24, 2.45) is 0 Å². The molecule has 0 atom stereocenters. The molecule has 0 aliphatic carbocycles. The van der Waals surface area contributed by atoms with E-state index in [-0.39, 0.29) is 0 Å². The Balaban J connectivity index is 1.22. The quantitative estimate of drug-likeness (QED) is 0.138. The molecule has 0 N–H and O–H groups in total. The fourth-order valence-electron chi connectivity index (χ4n) is 9.69. The van der Waals surface area contributed by atoms with Gasteiger partial charge < -0.3 is 4.90 Å². The van der Waals surface area contributed by atoms with Crippen molar-refractivity contribution < 1.29 is 0 Å². The Morgan fingerprint density at radius 2 is 0.734 bits per heavy atom. The lowest BCUT2D eigenvalue weighted by atomic mass is 9.88. The third-order valence-corrected chi connectivity index (χ3v) is 13.9. The van der Waals surface area contributed by atoms with Gasteiger partial charge in [-0.15, -0.1) is 11.3 Å². The zero-order valence-corrected chi connectivity index (χ0v) is 35.8. The molecular weight excluding hydrogens is 791 g/mol. The molecular formula is C62H41NS. The summed E-state index contributed by atoms with van der Waals surface area (Å²) in [5.41, 5.74) is 15.1. The zero-order valence-electron chi connectivity index (χ0n) is 35.0. The van der Waals surface area contributed by atoms with E-state index in [4.69, 9.17) is 0 Å². The van der Waals surface area contributed by atoms with Crippen LogP contribution in [0, 0.1) is 0 Å². The van der Waals surface area contributed by atoms with Gasteiger partial charge in [0.1, 0.15) is 0 Å². The van der Waals surface area contributed by atoms with Crippen molar-refractivity contribution in [1.29, 1.82) is 0 Å². The molecule has 0 bridgehead atoms. The Kier molecular flexibility index (Phi) is 9.43. The smallest absolute Gasteiger partial charge is 0.0625 e. The molecule has 0 spiro atoms. The lowest BCUT2D eigenvalue weighted by molar-refractivity contribution is 1.30. The molecule has 0 aliphatic rings. The second-order valence-corrected chi connectivity index (χ2v) is 17.4. The van der Waals surface area contributed by atoms with Crippen molar-refractivity contribution in [3.63, 3.8) is 0 Å². The number of hydrogen-bond acceptors (Lipinski definition) is 2. The fourth-order valence-corrected chi connectivity index (χ4v) is 10.9. The van der Waals surface area contributed by atoms with Crippen LogP contribution in [0.2, 0.25) is 0 Å². The summed E-state index contributed by atoms with van der Waals surface area (Å²) in [6.45, 7) is 0. The Morgan fingerprint density at radius 1 is 0.281 bits per heavy atom. The number of hydrogen-bond donors (Lipinski definition) is 0. The number of rotatable bonds is 8. The minimum absolute atomic E-state index is 1.08. The van der Waals surface area contributed by atoms with E-state index in [1.165, 1.54) is 80.7 Å². The predicted molar refractivity (Wildman–Crippen MR) is 276 cm³/mol. The zero-order chi connectivity index (χ0) is 42.4. The number of anilines is 3. The van der Waals surface area contributed by atoms with Gasteiger partial charge in [0.2, 0.25) is 0 Å². The highest BCUT2D eigenvalue weighted by Crippen LogP contribution is 2.53. The van der Waals surface area contributed by atoms with Gasteiger partial charge in [0.25, 0.3) is 0 Å². The number of para-hydroxylation sites is 1. The second kappa shape index (κ2) is 16.0. The van der Waals surface area contributed by atoms with Crippen LogP contribution >= 0.6 is 11.3 Å². The summed E-state index contributed by atoms with van der Waals surface area (Å²) in [5.74, 6) is 0. The summed E-state index contributed by atoms with van der Waals surface area (Å²) >= 11 is 1.88. The van der Waals surface area contributed by atoms with E-state index < -0.39 is 0 Å². The van der Waals surface area contributed by atoms with Crippen LogP contribution < -0.4 is 4.90 Å². The summed E-state index contributed by atoms with van der Waals surface area (Å²) in [5, 5.41) is 7.42. The van der Waals surface area contributed by atoms with Crippen LogP contribution in [0.4, 0.5) is 17.1 Å². The third-order valence-electron chi connectivity index (χ3n) is 12.6. The van der Waals surface area contributed by atoms with Crippen LogP contribution in [0.25, 0.3) is 97.4 Å². The molecule has 0 radical (unpaired) electrons. The van der Waals surface area contributed by atoms with Crippen molar-refractivity contribution in [1.82, 2.24) is 0 Å². The Morgan fingerprint density at radius 3 is 1.39 bits per heavy atom. The molecule has 11 aromatic carbocycles. The van der Waals surface area contributed by atoms with E-state index in [2.05, 4.69) is 254 Å². The second-order valence-electron chi connectivity index (χ2n) is 16.4. The normalized spacial score (nSPS) is 11.4. The topological polar surface area (TPSA) is 3.24 Å². The number of benzene rings is 11. The molecule has 0 aliphatic heterocycles. The van der Waals surface area contributed by atoms with Gasteiger partial charge in [-0.25, -0.2) is 0 Å². The standard InChI is InChI=1S/C62H41NS/c1-4-19-42(20-5-1)45-35-37-46(38-36-45)60-54-29-12-10-25-50(54)51-26-11-13-30-55(51)61(60)63(49-40-47(43-21-6-2-7-22-43)39-48(41-49)44-23-8-3-9-24-44)58-33-16-14-27-52(58)56-31-18-32-57-53-28-15-17-34-59(53)64-62(56)57/h1-41H. The Hall–Kier alpha value is -8.04. The van der Waals surface area contributed by atoms with Crippen LogP contribution in [-0.4, -0.2) is 0 Å². The number of thiophene rings is 1. The first-order chi connectivity index (χ1) is 31.8. The predicted octanol–water partition coefficient (Wildman–Crippen LogP) is 18.2. The maximum absolute atomic E-state index is 2.58. The molecule has 0 saturated carbocycles. The Labute approximate surface area is 377 Å². The maximum Gasteiger partial charge on any atom is 0.0625 e. The van der Waals surface area contributed by atoms with Gasteiger partial charge in [0.15, 0.2) is 0 Å². The highest BCUT2D eigenvalue weighted by molar-refractivity contribution is 7.26. The average molecular weight is 832 g/mol. The summed E-state index contributed by atoms with van der Waals surface area (Å²) in [6, 6.07) is 91.2. The van der Waals surface area contributed by atoms with Gasteiger partial charge in [-0.2, -0.15) is 0 Å². The van der Waals surface area contributed by atoms with E-state index in [0.717, 1.165) is 33.8 Å². The minimum Gasteiger partial charge on any atom is -0.309 e. The van der Waals surface area contributed by atoms with Crippen LogP contribution in [0.3, 0.4) is 0 Å². The average Bonchev–Trinajstić information content (AvgIpc) is 3.77. The Bertz CT molecular complexity index is 3590. The van der Waals surface area contributed by atoms with Gasteiger partial charge in [0.05, 0.1) is 11.4 Å². The van der Waals surface area contributed by atoms with Crippen LogP contribution in [0.5, 0.6) is 0 Å². The van der Waals surface area contributed by atoms with Crippen molar-refractivity contribution >= 4 is 70.1 Å². The first kappa shape index (κ1) is 37.7. The summed E-state index contributed by atoms with van der Waals surface area (Å²) in [4.78, 5) is 2.58. The molecule has 1 heterocycles. The van der Waals surface area contributed by atoms with Crippen molar-refractivity contribution in [3.8, 4) is 55.6 Å². The van der Waals surface area contributed by atoms with Gasteiger partial charge >= 0.3 is 0 Å². The summed E-state index contributed by atoms with van der Waals surface area (Å²) in [6.07, 6.45) is 0. The van der Waals surface area contributed by atoms with Gasteiger partial charge in [-0.1, -0.05) is 218 Å². The fraction of sp³-hybridized carbons (Fsp3) is 0. The van der Waals surface area contributed by atoms with Gasteiger partial charge in [0, 0.05) is 47.9 Å². The molecule has 1 aromatic heterocycles. The molecule has 12 aromatic rings. The van der Waals surface area contributed by atoms with Crippen molar-refractivity contribution in [2.45, 2.75) is 0 Å². The van der Waals surface area contributed by atoms with Crippen LogP contribution in [0.15, 0.2) is 249 Å². The van der Waals surface area contributed by atoms with E-state index in [1.54, 1.807) is 0 Å². The third kappa shape index (κ3) is 6.55. The van der Waals surface area contributed by atoms with Crippen LogP contribution in [0.1, 0.15) is 0 Å². The molecule has 12 rings (SSSR count). The lowest BCUT2D eigenvalue weighted by Crippen LogP contribution is -2.14. The number of fused-ring (bicyclic) bond motifs is 6. The van der Waals surface area contributed by atoms with E-state index in [0.29, 0.717) is 0 Å². The lowest BCUT2D eigenvalue weighted by Gasteiger charge is -2.33. The monoisotopic (exact) mass is 831 g/mol. The minimum atomic E-state index is 1.08. The highest BCUT2D eigenvalue weighted by atomic mass is 32.1. The van der Waals surface area contributed by atoms with E-state index in [9.17, 15) is 0 Å². The van der Waals surface area contributed by atoms with Gasteiger partial charge in [-0.05, 0) is 85.4 Å². The van der Waals surface area contributed by atoms with Crippen molar-refractivity contribution in [3.05, 3.63) is 249 Å². The van der Waals surface area contributed by atoms with Crippen molar-refractivity contribution in [2.75, 3.05) is 4.90 Å². The van der Waals surface area contributed by atoms with E-state index in [1.807, 2.05) is 11.3 Å². The number of nitrogens with zero attached hydrogens (tertiary/aromatic N) is 1. The first-order valence-electron chi connectivity index (χ1n) is 21.9. The largest absolute Gasteiger partial charge is 0.309 e. The molecule has 0 amide bonds. The molecule has 0 unspecified atom stereocenters.